The molecule has 2 aliphatic rings. The van der Waals surface area contributed by atoms with Gasteiger partial charge in [-0.1, -0.05) is 48.4 Å². The quantitative estimate of drug-likeness (QED) is 0.291. The zero-order valence-electron chi connectivity index (χ0n) is 22.1. The summed E-state index contributed by atoms with van der Waals surface area (Å²) in [5.41, 5.74) is 3.11. The van der Waals surface area contributed by atoms with Gasteiger partial charge in [0.1, 0.15) is 5.69 Å². The summed E-state index contributed by atoms with van der Waals surface area (Å²) < 4.78 is 0. The number of H-pyrrole nitrogens is 1. The molecule has 0 saturated carbocycles. The predicted octanol–water partition coefficient (Wildman–Crippen LogP) is 5.74. The van der Waals surface area contributed by atoms with E-state index in [4.69, 9.17) is 11.6 Å². The number of rotatable bonds is 7. The SMILES string of the molecule is O=C(c1ccc2c(Cl)c[nH]c2c1)c1cc(NCC(=O)N2CCC(CN3CCCCC3)CC2)c2ccccc2n1. The van der Waals surface area contributed by atoms with Crippen LogP contribution in [0.1, 0.15) is 48.2 Å². The molecular weight excluding hydrogens is 510 g/mol. The Kier molecular flexibility index (Phi) is 7.53. The highest BCUT2D eigenvalue weighted by molar-refractivity contribution is 6.35. The fourth-order valence-electron chi connectivity index (χ4n) is 5.97. The Morgan fingerprint density at radius 3 is 2.59 bits per heavy atom. The lowest BCUT2D eigenvalue weighted by Crippen LogP contribution is -2.44. The number of halogens is 1. The number of anilines is 1. The Hall–Kier alpha value is -3.42. The summed E-state index contributed by atoms with van der Waals surface area (Å²) in [6.07, 6.45) is 7.83. The Bertz CT molecular complexity index is 1500. The number of carbonyl (C=O) groups excluding carboxylic acids is 2. The first-order chi connectivity index (χ1) is 19.0. The highest BCUT2D eigenvalue weighted by Crippen LogP contribution is 2.27. The normalized spacial score (nSPS) is 17.1. The number of pyridine rings is 1. The van der Waals surface area contributed by atoms with E-state index in [1.54, 1.807) is 24.4 Å². The van der Waals surface area contributed by atoms with Gasteiger partial charge in [-0.05, 0) is 62.9 Å². The van der Waals surface area contributed by atoms with Gasteiger partial charge in [0.05, 0.1) is 17.1 Å². The van der Waals surface area contributed by atoms with Crippen molar-refractivity contribution >= 4 is 50.8 Å². The number of hydrogen-bond acceptors (Lipinski definition) is 5. The number of carbonyl (C=O) groups is 2. The zero-order valence-corrected chi connectivity index (χ0v) is 22.8. The van der Waals surface area contributed by atoms with Crippen LogP contribution in [0.4, 0.5) is 5.69 Å². The maximum Gasteiger partial charge on any atom is 0.241 e. The summed E-state index contributed by atoms with van der Waals surface area (Å²) in [7, 11) is 0. The average molecular weight is 544 g/mol. The fraction of sp³-hybridized carbons (Fsp3) is 0.387. The minimum absolute atomic E-state index is 0.0919. The van der Waals surface area contributed by atoms with Gasteiger partial charge in [-0.25, -0.2) is 4.98 Å². The fourth-order valence-corrected chi connectivity index (χ4v) is 6.19. The number of amides is 1. The van der Waals surface area contributed by atoms with Crippen LogP contribution in [0.2, 0.25) is 5.02 Å². The van der Waals surface area contributed by atoms with Crippen LogP contribution in [-0.4, -0.2) is 70.7 Å². The van der Waals surface area contributed by atoms with Crippen LogP contribution in [-0.2, 0) is 4.79 Å². The molecule has 0 bridgehead atoms. The van der Waals surface area contributed by atoms with Crippen LogP contribution < -0.4 is 5.32 Å². The van der Waals surface area contributed by atoms with Crippen molar-refractivity contribution in [1.82, 2.24) is 19.8 Å². The van der Waals surface area contributed by atoms with Crippen LogP contribution in [0.5, 0.6) is 0 Å². The number of benzene rings is 2. The summed E-state index contributed by atoms with van der Waals surface area (Å²) in [6.45, 7) is 5.43. The zero-order chi connectivity index (χ0) is 26.8. The molecule has 1 amide bonds. The van der Waals surface area contributed by atoms with Crippen molar-refractivity contribution < 1.29 is 9.59 Å². The molecule has 2 aromatic carbocycles. The Balaban J connectivity index is 1.13. The molecule has 39 heavy (non-hydrogen) atoms. The molecule has 2 fully saturated rings. The highest BCUT2D eigenvalue weighted by atomic mass is 35.5. The van der Waals surface area contributed by atoms with Gasteiger partial charge in [-0.15, -0.1) is 0 Å². The number of para-hydroxylation sites is 1. The van der Waals surface area contributed by atoms with Gasteiger partial charge in [-0.3, -0.25) is 9.59 Å². The van der Waals surface area contributed by atoms with Gasteiger partial charge in [0, 0.05) is 53.4 Å². The molecule has 2 N–H and O–H groups in total. The molecule has 0 radical (unpaired) electrons. The van der Waals surface area contributed by atoms with Crippen molar-refractivity contribution in [2.45, 2.75) is 32.1 Å². The van der Waals surface area contributed by atoms with Crippen molar-refractivity contribution in [3.05, 3.63) is 71.0 Å². The molecule has 6 rings (SSSR count). The Morgan fingerprint density at radius 2 is 1.77 bits per heavy atom. The van der Waals surface area contributed by atoms with Gasteiger partial charge in [0.25, 0.3) is 0 Å². The van der Waals surface area contributed by atoms with E-state index in [1.165, 1.54) is 38.9 Å². The average Bonchev–Trinajstić information content (AvgIpc) is 3.35. The number of fused-ring (bicyclic) bond motifs is 2. The van der Waals surface area contributed by atoms with E-state index >= 15 is 0 Å². The van der Waals surface area contributed by atoms with Gasteiger partial charge < -0.3 is 20.1 Å². The highest BCUT2D eigenvalue weighted by Gasteiger charge is 2.25. The number of hydrogen-bond donors (Lipinski definition) is 2. The smallest absolute Gasteiger partial charge is 0.241 e. The molecule has 4 aromatic rings. The van der Waals surface area contributed by atoms with Crippen molar-refractivity contribution in [3.8, 4) is 0 Å². The van der Waals surface area contributed by atoms with E-state index in [-0.39, 0.29) is 18.2 Å². The van der Waals surface area contributed by atoms with Gasteiger partial charge in [0.15, 0.2) is 0 Å². The van der Waals surface area contributed by atoms with Crippen molar-refractivity contribution in [2.24, 2.45) is 5.92 Å². The molecule has 2 aromatic heterocycles. The first-order valence-electron chi connectivity index (χ1n) is 14.0. The number of nitrogens with one attached hydrogen (secondary N) is 2. The molecule has 202 valence electrons. The molecule has 4 heterocycles. The van der Waals surface area contributed by atoms with Gasteiger partial charge in [-0.2, -0.15) is 0 Å². The molecule has 2 aliphatic heterocycles. The number of likely N-dealkylation sites (tertiary alicyclic amines) is 2. The van der Waals surface area contributed by atoms with E-state index in [1.807, 2.05) is 35.2 Å². The van der Waals surface area contributed by atoms with Gasteiger partial charge in [0.2, 0.25) is 11.7 Å². The second-order valence-electron chi connectivity index (χ2n) is 10.8. The summed E-state index contributed by atoms with van der Waals surface area (Å²) in [6, 6.07) is 14.9. The predicted molar refractivity (Wildman–Crippen MR) is 157 cm³/mol. The van der Waals surface area contributed by atoms with Crippen molar-refractivity contribution in [1.29, 1.82) is 0 Å². The lowest BCUT2D eigenvalue weighted by Gasteiger charge is -2.36. The lowest BCUT2D eigenvalue weighted by molar-refractivity contribution is -0.130. The number of aromatic nitrogens is 2. The maximum atomic E-state index is 13.4. The van der Waals surface area contributed by atoms with E-state index in [0.717, 1.165) is 47.9 Å². The third-order valence-electron chi connectivity index (χ3n) is 8.20. The second-order valence-corrected chi connectivity index (χ2v) is 11.2. The van der Waals surface area contributed by atoms with Crippen LogP contribution in [0.15, 0.2) is 54.7 Å². The van der Waals surface area contributed by atoms with Crippen LogP contribution in [0, 0.1) is 5.92 Å². The minimum Gasteiger partial charge on any atom is -0.376 e. The first kappa shape index (κ1) is 25.8. The van der Waals surface area contributed by atoms with Crippen molar-refractivity contribution in [3.63, 3.8) is 0 Å². The number of aromatic amines is 1. The van der Waals surface area contributed by atoms with E-state index in [2.05, 4.69) is 20.2 Å². The lowest BCUT2D eigenvalue weighted by atomic mass is 9.95. The second kappa shape index (κ2) is 11.4. The van der Waals surface area contributed by atoms with Gasteiger partial charge >= 0.3 is 0 Å². The topological polar surface area (TPSA) is 81.3 Å². The summed E-state index contributed by atoms with van der Waals surface area (Å²) in [4.78, 5) is 38.9. The van der Waals surface area contributed by atoms with Crippen LogP contribution in [0.3, 0.4) is 0 Å². The Labute approximate surface area is 233 Å². The van der Waals surface area contributed by atoms with E-state index in [0.29, 0.717) is 27.7 Å². The standard InChI is InChI=1S/C31H34ClN5O2/c32-25-18-33-27-16-22(8-9-23(25)27)31(39)29-17-28(24-6-2-3-7-26(24)35-29)34-19-30(38)37-14-10-21(11-15-37)20-36-12-4-1-5-13-36/h2-3,6-9,16-18,21,33H,1,4-5,10-15,19-20H2,(H,34,35). The molecule has 0 atom stereocenters. The molecule has 8 heteroatoms. The van der Waals surface area contributed by atoms with Crippen LogP contribution >= 0.6 is 11.6 Å². The molecule has 2 saturated heterocycles. The molecule has 7 nitrogen and oxygen atoms in total. The number of nitrogens with zero attached hydrogens (tertiary/aromatic N) is 3. The molecule has 0 aliphatic carbocycles. The largest absolute Gasteiger partial charge is 0.376 e. The Morgan fingerprint density at radius 1 is 0.974 bits per heavy atom. The first-order valence-corrected chi connectivity index (χ1v) is 14.4. The monoisotopic (exact) mass is 543 g/mol. The summed E-state index contributed by atoms with van der Waals surface area (Å²) >= 11 is 6.20. The number of ketones is 1. The van der Waals surface area contributed by atoms with E-state index in [9.17, 15) is 9.59 Å². The summed E-state index contributed by atoms with van der Waals surface area (Å²) in [5.74, 6) is 0.590. The molecule has 0 spiro atoms. The maximum absolute atomic E-state index is 13.4. The van der Waals surface area contributed by atoms with Crippen molar-refractivity contribution in [2.75, 3.05) is 44.6 Å². The molecule has 0 unspecified atom stereocenters. The van der Waals surface area contributed by atoms with E-state index < -0.39 is 0 Å². The molecular formula is C31H34ClN5O2. The third-order valence-corrected chi connectivity index (χ3v) is 8.52. The third kappa shape index (κ3) is 5.65. The summed E-state index contributed by atoms with van der Waals surface area (Å²) in [5, 5.41) is 5.70. The minimum atomic E-state index is -0.182. The number of piperidine rings is 2. The van der Waals surface area contributed by atoms with Crippen LogP contribution in [0.25, 0.3) is 21.8 Å².